The maximum atomic E-state index is 9.79. The summed E-state index contributed by atoms with van der Waals surface area (Å²) in [6, 6.07) is 9.19. The van der Waals surface area contributed by atoms with Gasteiger partial charge in [0.2, 0.25) is 0 Å². The van der Waals surface area contributed by atoms with E-state index < -0.39 is 0 Å². The molecule has 0 spiro atoms. The Kier molecular flexibility index (Phi) is 4.38. The van der Waals surface area contributed by atoms with Crippen LogP contribution in [0.5, 0.6) is 5.75 Å². The fourth-order valence-corrected chi connectivity index (χ4v) is 2.95. The van der Waals surface area contributed by atoms with Crippen LogP contribution in [0, 0.1) is 13.8 Å². The molecule has 0 aliphatic rings. The predicted molar refractivity (Wildman–Crippen MR) is 84.1 cm³/mol. The molecule has 4 heteroatoms. The molecule has 0 amide bonds. The summed E-state index contributed by atoms with van der Waals surface area (Å²) in [6.07, 6.45) is 0. The summed E-state index contributed by atoms with van der Waals surface area (Å²) in [5.41, 5.74) is 4.19. The van der Waals surface area contributed by atoms with Crippen LogP contribution >= 0.6 is 27.5 Å². The van der Waals surface area contributed by atoms with Crippen molar-refractivity contribution in [1.82, 2.24) is 0 Å². The highest BCUT2D eigenvalue weighted by molar-refractivity contribution is 9.10. The highest BCUT2D eigenvalue weighted by Gasteiger charge is 2.06. The zero-order chi connectivity index (χ0) is 14.0. The molecule has 0 aliphatic carbocycles. The average Bonchev–Trinajstić information content (AvgIpc) is 2.32. The Balaban J connectivity index is 2.21. The highest BCUT2D eigenvalue weighted by atomic mass is 79.9. The molecule has 2 N–H and O–H groups in total. The van der Waals surface area contributed by atoms with Crippen molar-refractivity contribution >= 4 is 33.2 Å². The molecule has 2 rings (SSSR count). The van der Waals surface area contributed by atoms with E-state index in [4.69, 9.17) is 11.6 Å². The van der Waals surface area contributed by atoms with Crippen LogP contribution in [0.3, 0.4) is 0 Å². The van der Waals surface area contributed by atoms with E-state index in [1.54, 1.807) is 18.2 Å². The van der Waals surface area contributed by atoms with E-state index in [2.05, 4.69) is 47.2 Å². The predicted octanol–water partition coefficient (Wildman–Crippen LogP) is 5.04. The normalized spacial score (nSPS) is 10.5. The first-order chi connectivity index (χ1) is 8.97. The molecule has 0 aromatic heterocycles. The Hall–Kier alpha value is -1.19. The van der Waals surface area contributed by atoms with Gasteiger partial charge in [-0.2, -0.15) is 0 Å². The van der Waals surface area contributed by atoms with E-state index in [1.807, 2.05) is 0 Å². The van der Waals surface area contributed by atoms with Crippen molar-refractivity contribution in [3.8, 4) is 5.75 Å². The molecule has 0 saturated heterocycles. The van der Waals surface area contributed by atoms with E-state index in [1.165, 1.54) is 0 Å². The molecule has 2 aromatic carbocycles. The van der Waals surface area contributed by atoms with Gasteiger partial charge in [0.1, 0.15) is 5.75 Å². The van der Waals surface area contributed by atoms with E-state index in [0.717, 1.165) is 26.9 Å². The SMILES string of the molecule is Cc1cc(Br)cc(C)c1NCc1cc(Cl)ccc1O. The lowest BCUT2D eigenvalue weighted by Gasteiger charge is -2.14. The topological polar surface area (TPSA) is 32.3 Å². The monoisotopic (exact) mass is 339 g/mol. The third-order valence-electron chi connectivity index (χ3n) is 2.99. The number of nitrogens with one attached hydrogen (secondary N) is 1. The molecule has 100 valence electrons. The van der Waals surface area contributed by atoms with Crippen LogP contribution in [0.2, 0.25) is 5.02 Å². The lowest BCUT2D eigenvalue weighted by molar-refractivity contribution is 0.469. The molecule has 0 aliphatic heterocycles. The summed E-state index contributed by atoms with van der Waals surface area (Å²) in [5.74, 6) is 0.254. The summed E-state index contributed by atoms with van der Waals surface area (Å²) in [5, 5.41) is 13.8. The molecule has 0 fully saturated rings. The smallest absolute Gasteiger partial charge is 0.120 e. The molecular weight excluding hydrogens is 326 g/mol. The number of aryl methyl sites for hydroxylation is 2. The highest BCUT2D eigenvalue weighted by Crippen LogP contribution is 2.27. The fraction of sp³-hybridized carbons (Fsp3) is 0.200. The second-order valence-electron chi connectivity index (χ2n) is 4.54. The number of aromatic hydroxyl groups is 1. The van der Waals surface area contributed by atoms with Gasteiger partial charge in [-0.05, 0) is 55.3 Å². The summed E-state index contributed by atoms with van der Waals surface area (Å²) >= 11 is 9.42. The lowest BCUT2D eigenvalue weighted by atomic mass is 10.1. The number of phenolic OH excluding ortho intramolecular Hbond substituents is 1. The van der Waals surface area contributed by atoms with Crippen LogP contribution in [-0.2, 0) is 6.54 Å². The van der Waals surface area contributed by atoms with Gasteiger partial charge in [-0.3, -0.25) is 0 Å². The minimum Gasteiger partial charge on any atom is -0.508 e. The lowest BCUT2D eigenvalue weighted by Crippen LogP contribution is -2.03. The molecular formula is C15H15BrClNO. The van der Waals surface area contributed by atoms with E-state index in [9.17, 15) is 5.11 Å². The van der Waals surface area contributed by atoms with Gasteiger partial charge in [-0.25, -0.2) is 0 Å². The van der Waals surface area contributed by atoms with Gasteiger partial charge in [-0.1, -0.05) is 27.5 Å². The molecule has 0 heterocycles. The number of hydrogen-bond donors (Lipinski definition) is 2. The van der Waals surface area contributed by atoms with Gasteiger partial charge in [0.25, 0.3) is 0 Å². The Morgan fingerprint density at radius 1 is 1.16 bits per heavy atom. The summed E-state index contributed by atoms with van der Waals surface area (Å²) in [6.45, 7) is 4.64. The Bertz CT molecular complexity index is 590. The number of halogens is 2. The third-order valence-corrected chi connectivity index (χ3v) is 3.69. The molecule has 19 heavy (non-hydrogen) atoms. The molecule has 0 atom stereocenters. The second-order valence-corrected chi connectivity index (χ2v) is 5.89. The summed E-state index contributed by atoms with van der Waals surface area (Å²) in [7, 11) is 0. The quantitative estimate of drug-likeness (QED) is 0.820. The molecule has 0 radical (unpaired) electrons. The Morgan fingerprint density at radius 3 is 2.42 bits per heavy atom. The van der Waals surface area contributed by atoms with Crippen LogP contribution in [0.4, 0.5) is 5.69 Å². The van der Waals surface area contributed by atoms with Gasteiger partial charge in [0.15, 0.2) is 0 Å². The molecule has 0 unspecified atom stereocenters. The van der Waals surface area contributed by atoms with Crippen molar-refractivity contribution in [2.24, 2.45) is 0 Å². The number of anilines is 1. The Morgan fingerprint density at radius 2 is 1.79 bits per heavy atom. The maximum Gasteiger partial charge on any atom is 0.120 e. The molecule has 2 nitrogen and oxygen atoms in total. The van der Waals surface area contributed by atoms with Gasteiger partial charge >= 0.3 is 0 Å². The standard InChI is InChI=1S/C15H15BrClNO/c1-9-5-12(16)6-10(2)15(9)18-8-11-7-13(17)3-4-14(11)19/h3-7,18-19H,8H2,1-2H3. The minimum absolute atomic E-state index is 0.254. The van der Waals surface area contributed by atoms with Crippen molar-refractivity contribution in [3.63, 3.8) is 0 Å². The van der Waals surface area contributed by atoms with Gasteiger partial charge in [-0.15, -0.1) is 0 Å². The van der Waals surface area contributed by atoms with Crippen molar-refractivity contribution in [3.05, 3.63) is 56.5 Å². The number of phenols is 1. The zero-order valence-electron chi connectivity index (χ0n) is 10.8. The Labute approximate surface area is 126 Å². The number of benzene rings is 2. The largest absolute Gasteiger partial charge is 0.508 e. The second kappa shape index (κ2) is 5.85. The van der Waals surface area contributed by atoms with Crippen molar-refractivity contribution in [1.29, 1.82) is 0 Å². The van der Waals surface area contributed by atoms with Crippen molar-refractivity contribution in [2.75, 3.05) is 5.32 Å². The first kappa shape index (κ1) is 14.2. The van der Waals surface area contributed by atoms with Crippen LogP contribution in [0.25, 0.3) is 0 Å². The van der Waals surface area contributed by atoms with E-state index >= 15 is 0 Å². The molecule has 2 aromatic rings. The number of rotatable bonds is 3. The van der Waals surface area contributed by atoms with Gasteiger partial charge < -0.3 is 10.4 Å². The van der Waals surface area contributed by atoms with Crippen LogP contribution in [0.1, 0.15) is 16.7 Å². The average molecular weight is 341 g/mol. The first-order valence-corrected chi connectivity index (χ1v) is 7.12. The van der Waals surface area contributed by atoms with Crippen molar-refractivity contribution < 1.29 is 5.11 Å². The molecule has 0 bridgehead atoms. The zero-order valence-corrected chi connectivity index (χ0v) is 13.1. The molecule has 0 saturated carbocycles. The fourth-order valence-electron chi connectivity index (χ4n) is 2.07. The third kappa shape index (κ3) is 3.43. The van der Waals surface area contributed by atoms with Crippen LogP contribution in [0.15, 0.2) is 34.8 Å². The first-order valence-electron chi connectivity index (χ1n) is 5.95. The van der Waals surface area contributed by atoms with Gasteiger partial charge in [0.05, 0.1) is 0 Å². The van der Waals surface area contributed by atoms with Crippen molar-refractivity contribution in [2.45, 2.75) is 20.4 Å². The number of hydrogen-bond acceptors (Lipinski definition) is 2. The van der Waals surface area contributed by atoms with E-state index in [-0.39, 0.29) is 5.75 Å². The summed E-state index contributed by atoms with van der Waals surface area (Å²) in [4.78, 5) is 0. The van der Waals surface area contributed by atoms with Crippen LogP contribution in [-0.4, -0.2) is 5.11 Å². The summed E-state index contributed by atoms with van der Waals surface area (Å²) < 4.78 is 1.07. The maximum absolute atomic E-state index is 9.79. The minimum atomic E-state index is 0.254. The van der Waals surface area contributed by atoms with Crippen LogP contribution < -0.4 is 5.32 Å². The van der Waals surface area contributed by atoms with E-state index in [0.29, 0.717) is 11.6 Å². The van der Waals surface area contributed by atoms with Gasteiger partial charge in [0, 0.05) is 27.3 Å².